The molecular formula is C32H33NO6. The van der Waals surface area contributed by atoms with Crippen molar-refractivity contribution in [1.82, 2.24) is 4.90 Å². The number of hydrogen-bond acceptors (Lipinski definition) is 6. The molecule has 2 aliphatic rings. The van der Waals surface area contributed by atoms with E-state index < -0.39 is 17.7 Å². The van der Waals surface area contributed by atoms with Gasteiger partial charge in [-0.15, -0.1) is 0 Å². The Kier molecular flexibility index (Phi) is 7.59. The van der Waals surface area contributed by atoms with Crippen molar-refractivity contribution in [3.05, 3.63) is 94.6 Å². The first-order valence-electron chi connectivity index (χ1n) is 13.4. The number of fused-ring (bicyclic) bond motifs is 1. The third kappa shape index (κ3) is 5.21. The average molecular weight is 528 g/mol. The number of Topliss-reactive ketones (excluding diaryl/α,β-unsaturated/α-hetero) is 1. The van der Waals surface area contributed by atoms with Crippen molar-refractivity contribution in [2.75, 3.05) is 19.8 Å². The fourth-order valence-corrected chi connectivity index (χ4v) is 5.31. The SMILES string of the molecule is CCOc1ccc([C@@H]2C(=C(O)c3ccc4c(c3)C[C@@H](C)O4)C(=O)C(=O)N2CCc2ccccc2)cc1OCC. The minimum Gasteiger partial charge on any atom is -0.507 e. The molecule has 3 aromatic rings. The molecule has 5 rings (SSSR count). The van der Waals surface area contributed by atoms with Crippen LogP contribution in [0.5, 0.6) is 17.2 Å². The fourth-order valence-electron chi connectivity index (χ4n) is 5.31. The zero-order valence-electron chi connectivity index (χ0n) is 22.5. The highest BCUT2D eigenvalue weighted by atomic mass is 16.5. The second-order valence-corrected chi connectivity index (χ2v) is 9.76. The van der Waals surface area contributed by atoms with E-state index in [9.17, 15) is 14.7 Å². The van der Waals surface area contributed by atoms with Crippen LogP contribution in [0.2, 0.25) is 0 Å². The van der Waals surface area contributed by atoms with E-state index in [2.05, 4.69) is 0 Å². The van der Waals surface area contributed by atoms with Gasteiger partial charge in [-0.3, -0.25) is 9.59 Å². The van der Waals surface area contributed by atoms with Crippen molar-refractivity contribution in [1.29, 1.82) is 0 Å². The summed E-state index contributed by atoms with van der Waals surface area (Å²) in [6.07, 6.45) is 1.32. The van der Waals surface area contributed by atoms with E-state index in [-0.39, 0.29) is 17.4 Å². The van der Waals surface area contributed by atoms with Gasteiger partial charge in [0.1, 0.15) is 17.6 Å². The smallest absolute Gasteiger partial charge is 0.295 e. The number of ketones is 1. The molecule has 7 heteroatoms. The highest BCUT2D eigenvalue weighted by Gasteiger charge is 2.46. The van der Waals surface area contributed by atoms with Crippen LogP contribution in [0.25, 0.3) is 5.76 Å². The second-order valence-electron chi connectivity index (χ2n) is 9.76. The number of likely N-dealkylation sites (tertiary alicyclic amines) is 1. The highest BCUT2D eigenvalue weighted by Crippen LogP contribution is 2.43. The van der Waals surface area contributed by atoms with Gasteiger partial charge in [0.15, 0.2) is 11.5 Å². The molecular weight excluding hydrogens is 494 g/mol. The van der Waals surface area contributed by atoms with E-state index >= 15 is 0 Å². The molecule has 0 bridgehead atoms. The quantitative estimate of drug-likeness (QED) is 0.226. The van der Waals surface area contributed by atoms with Crippen LogP contribution in [0.3, 0.4) is 0 Å². The molecule has 2 heterocycles. The number of rotatable bonds is 9. The number of carbonyl (C=O) groups excluding carboxylic acids is 2. The van der Waals surface area contributed by atoms with Crippen molar-refractivity contribution in [3.63, 3.8) is 0 Å². The molecule has 3 aromatic carbocycles. The Bertz CT molecular complexity index is 1410. The predicted octanol–water partition coefficient (Wildman–Crippen LogP) is 5.47. The van der Waals surface area contributed by atoms with Crippen LogP contribution in [-0.2, 0) is 22.4 Å². The number of nitrogens with zero attached hydrogens (tertiary/aromatic N) is 1. The topological polar surface area (TPSA) is 85.3 Å². The standard InChI is InChI=1S/C32H33NO6/c1-4-37-26-14-11-22(19-27(26)38-5-2)29-28(30(34)23-12-13-25-24(18-23)17-20(3)39-25)31(35)32(36)33(29)16-15-21-9-7-6-8-10-21/h6-14,18-20,29,34H,4-5,15-17H2,1-3H3/t20-,29-/m1/s1. The summed E-state index contributed by atoms with van der Waals surface area (Å²) >= 11 is 0. The molecule has 2 aliphatic heterocycles. The van der Waals surface area contributed by atoms with Crippen molar-refractivity contribution >= 4 is 17.4 Å². The molecule has 39 heavy (non-hydrogen) atoms. The molecule has 0 aromatic heterocycles. The van der Waals surface area contributed by atoms with Gasteiger partial charge in [-0.25, -0.2) is 0 Å². The zero-order chi connectivity index (χ0) is 27.5. The summed E-state index contributed by atoms with van der Waals surface area (Å²) in [5.74, 6) is 0.331. The lowest BCUT2D eigenvalue weighted by molar-refractivity contribution is -0.139. The first-order valence-corrected chi connectivity index (χ1v) is 13.4. The first-order chi connectivity index (χ1) is 18.9. The largest absolute Gasteiger partial charge is 0.507 e. The Morgan fingerprint density at radius 3 is 2.46 bits per heavy atom. The Balaban J connectivity index is 1.60. The number of hydrogen-bond donors (Lipinski definition) is 1. The summed E-state index contributed by atoms with van der Waals surface area (Å²) in [6.45, 7) is 6.96. The summed E-state index contributed by atoms with van der Waals surface area (Å²) in [4.78, 5) is 28.5. The zero-order valence-corrected chi connectivity index (χ0v) is 22.5. The molecule has 0 aliphatic carbocycles. The molecule has 7 nitrogen and oxygen atoms in total. The normalized spacial score (nSPS) is 19.6. The maximum Gasteiger partial charge on any atom is 0.295 e. The minimum atomic E-state index is -0.785. The number of aliphatic hydroxyl groups is 1. The van der Waals surface area contributed by atoms with E-state index in [1.165, 1.54) is 0 Å². The number of carbonyl (C=O) groups is 2. The monoisotopic (exact) mass is 527 g/mol. The van der Waals surface area contributed by atoms with Gasteiger partial charge in [0.05, 0.1) is 24.8 Å². The van der Waals surface area contributed by atoms with Gasteiger partial charge in [0.2, 0.25) is 0 Å². The van der Waals surface area contributed by atoms with Crippen LogP contribution < -0.4 is 14.2 Å². The highest BCUT2D eigenvalue weighted by molar-refractivity contribution is 6.46. The van der Waals surface area contributed by atoms with Crippen molar-refractivity contribution in [3.8, 4) is 17.2 Å². The number of amides is 1. The van der Waals surface area contributed by atoms with Crippen LogP contribution in [-0.4, -0.2) is 47.6 Å². The van der Waals surface area contributed by atoms with Crippen LogP contribution in [0, 0.1) is 0 Å². The Morgan fingerprint density at radius 2 is 1.72 bits per heavy atom. The molecule has 0 spiro atoms. The molecule has 1 saturated heterocycles. The van der Waals surface area contributed by atoms with Crippen LogP contribution >= 0.6 is 0 Å². The summed E-state index contributed by atoms with van der Waals surface area (Å²) in [5.41, 5.74) is 3.21. The number of ether oxygens (including phenoxy) is 3. The lowest BCUT2D eigenvalue weighted by atomic mass is 9.94. The third-order valence-electron chi connectivity index (χ3n) is 7.08. The maximum atomic E-state index is 13.5. The molecule has 2 atom stereocenters. The van der Waals surface area contributed by atoms with Gasteiger partial charge in [0, 0.05) is 18.5 Å². The van der Waals surface area contributed by atoms with Gasteiger partial charge in [0.25, 0.3) is 11.7 Å². The van der Waals surface area contributed by atoms with E-state index in [1.54, 1.807) is 29.2 Å². The van der Waals surface area contributed by atoms with Gasteiger partial charge in [-0.05, 0) is 74.2 Å². The van der Waals surface area contributed by atoms with E-state index in [1.807, 2.05) is 63.2 Å². The van der Waals surface area contributed by atoms with Crippen LogP contribution in [0.4, 0.5) is 0 Å². The van der Waals surface area contributed by atoms with Crippen molar-refractivity contribution in [2.45, 2.75) is 45.8 Å². The maximum absolute atomic E-state index is 13.5. The molecule has 0 saturated carbocycles. The molecule has 1 amide bonds. The van der Waals surface area contributed by atoms with E-state index in [0.717, 1.165) is 16.9 Å². The number of benzene rings is 3. The molecule has 1 N–H and O–H groups in total. The Morgan fingerprint density at radius 1 is 0.974 bits per heavy atom. The van der Waals surface area contributed by atoms with Gasteiger partial charge in [-0.2, -0.15) is 0 Å². The van der Waals surface area contributed by atoms with Crippen LogP contribution in [0.15, 0.2) is 72.3 Å². The van der Waals surface area contributed by atoms with Crippen molar-refractivity contribution < 1.29 is 28.9 Å². The van der Waals surface area contributed by atoms with Gasteiger partial charge in [-0.1, -0.05) is 36.4 Å². The summed E-state index contributed by atoms with van der Waals surface area (Å²) < 4.78 is 17.4. The molecule has 1 fully saturated rings. The molecule has 0 radical (unpaired) electrons. The van der Waals surface area contributed by atoms with E-state index in [0.29, 0.717) is 55.2 Å². The third-order valence-corrected chi connectivity index (χ3v) is 7.08. The van der Waals surface area contributed by atoms with Gasteiger partial charge >= 0.3 is 0 Å². The Labute approximate surface area is 228 Å². The summed E-state index contributed by atoms with van der Waals surface area (Å²) in [7, 11) is 0. The van der Waals surface area contributed by atoms with E-state index in [4.69, 9.17) is 14.2 Å². The van der Waals surface area contributed by atoms with Crippen LogP contribution in [0.1, 0.15) is 49.1 Å². The first kappa shape index (κ1) is 26.4. The van der Waals surface area contributed by atoms with Gasteiger partial charge < -0.3 is 24.2 Å². The lowest BCUT2D eigenvalue weighted by Gasteiger charge is -2.26. The lowest BCUT2D eigenvalue weighted by Crippen LogP contribution is -2.31. The minimum absolute atomic E-state index is 0.0433. The Hall–Kier alpha value is -4.26. The number of aliphatic hydroxyl groups excluding tert-OH is 1. The summed E-state index contributed by atoms with van der Waals surface area (Å²) in [6, 6.07) is 19.8. The summed E-state index contributed by atoms with van der Waals surface area (Å²) in [5, 5.41) is 11.5. The second kappa shape index (κ2) is 11.2. The fraction of sp³-hybridized carbons (Fsp3) is 0.312. The molecule has 0 unspecified atom stereocenters. The predicted molar refractivity (Wildman–Crippen MR) is 148 cm³/mol. The van der Waals surface area contributed by atoms with Crippen molar-refractivity contribution in [2.24, 2.45) is 0 Å². The average Bonchev–Trinajstić information content (AvgIpc) is 3.44. The molecule has 202 valence electrons.